The number of aromatic hydroxyl groups is 1. The zero-order valence-electron chi connectivity index (χ0n) is 14.5. The van der Waals surface area contributed by atoms with Crippen LogP contribution in [0, 0.1) is 0 Å². The zero-order valence-corrected chi connectivity index (χ0v) is 15.3. The van der Waals surface area contributed by atoms with Crippen molar-refractivity contribution in [3.63, 3.8) is 0 Å². The van der Waals surface area contributed by atoms with Crippen LogP contribution >= 0.6 is 11.8 Å². The number of rotatable bonds is 7. The first kappa shape index (κ1) is 18.2. The van der Waals surface area contributed by atoms with Gasteiger partial charge in [0.25, 0.3) is 0 Å². The number of nitrogens with one attached hydrogen (secondary N) is 1. The highest BCUT2D eigenvalue weighted by Gasteiger charge is 2.08. The van der Waals surface area contributed by atoms with Gasteiger partial charge in [-0.05, 0) is 42.0 Å². The molecule has 26 heavy (non-hydrogen) atoms. The molecule has 0 spiro atoms. The molecule has 0 aliphatic rings. The van der Waals surface area contributed by atoms with E-state index in [0.29, 0.717) is 17.8 Å². The van der Waals surface area contributed by atoms with Crippen LogP contribution in [0.1, 0.15) is 11.1 Å². The molecule has 4 nitrogen and oxygen atoms in total. The van der Waals surface area contributed by atoms with Gasteiger partial charge in [-0.25, -0.2) is 0 Å². The monoisotopic (exact) mass is 367 g/mol. The van der Waals surface area contributed by atoms with Crippen LogP contribution in [0.15, 0.2) is 76.5 Å². The summed E-state index contributed by atoms with van der Waals surface area (Å²) in [5.74, 6) is 0.929. The number of para-hydroxylation sites is 1. The summed E-state index contributed by atoms with van der Waals surface area (Å²) in [7, 11) is 1.66. The van der Waals surface area contributed by atoms with E-state index in [9.17, 15) is 10.2 Å². The molecular formula is C21H21NO3S. The predicted molar refractivity (Wildman–Crippen MR) is 105 cm³/mol. The molecule has 0 fully saturated rings. The quantitative estimate of drug-likeness (QED) is 0.530. The standard InChI is InChI=1S/C21H21NO3S/c1-25-17-9-11-18(12-10-17)26-20-8-3-2-5-15(20)13-22-19-7-4-6-16(14-23)21(19)24/h2-12,22-24H,13-14H2,1H3. The Hall–Kier alpha value is -2.63. The van der Waals surface area contributed by atoms with Gasteiger partial charge in [-0.15, -0.1) is 0 Å². The highest BCUT2D eigenvalue weighted by Crippen LogP contribution is 2.33. The Kier molecular flexibility index (Phi) is 6.04. The molecular weight excluding hydrogens is 346 g/mol. The summed E-state index contributed by atoms with van der Waals surface area (Å²) in [5, 5.41) is 22.7. The fourth-order valence-corrected chi connectivity index (χ4v) is 3.52. The van der Waals surface area contributed by atoms with Gasteiger partial charge in [-0.3, -0.25) is 0 Å². The number of methoxy groups -OCH3 is 1. The molecule has 3 aromatic rings. The lowest BCUT2D eigenvalue weighted by molar-refractivity contribution is 0.276. The maximum atomic E-state index is 10.2. The predicted octanol–water partition coefficient (Wildman–Crippen LogP) is 4.66. The number of anilines is 1. The molecule has 0 amide bonds. The second kappa shape index (κ2) is 8.65. The third-order valence-electron chi connectivity index (χ3n) is 4.02. The number of aliphatic hydroxyl groups excluding tert-OH is 1. The van der Waals surface area contributed by atoms with Gasteiger partial charge < -0.3 is 20.3 Å². The van der Waals surface area contributed by atoms with Crippen LogP contribution in [0.3, 0.4) is 0 Å². The third-order valence-corrected chi connectivity index (χ3v) is 5.15. The van der Waals surface area contributed by atoms with Crippen LogP contribution in [0.2, 0.25) is 0 Å². The topological polar surface area (TPSA) is 61.7 Å². The van der Waals surface area contributed by atoms with Crippen LogP contribution in [0.25, 0.3) is 0 Å². The van der Waals surface area contributed by atoms with Gasteiger partial charge in [0.2, 0.25) is 0 Å². The van der Waals surface area contributed by atoms with E-state index in [4.69, 9.17) is 4.74 Å². The molecule has 0 saturated heterocycles. The first-order valence-electron chi connectivity index (χ1n) is 8.26. The fourth-order valence-electron chi connectivity index (χ4n) is 2.57. The third kappa shape index (κ3) is 4.31. The van der Waals surface area contributed by atoms with Crippen molar-refractivity contribution in [2.45, 2.75) is 22.9 Å². The summed E-state index contributed by atoms with van der Waals surface area (Å²) >= 11 is 1.68. The van der Waals surface area contributed by atoms with E-state index in [1.165, 1.54) is 0 Å². The molecule has 0 aliphatic heterocycles. The van der Waals surface area contributed by atoms with E-state index in [1.54, 1.807) is 31.0 Å². The molecule has 0 radical (unpaired) electrons. The largest absolute Gasteiger partial charge is 0.505 e. The van der Waals surface area contributed by atoms with Crippen molar-refractivity contribution in [1.29, 1.82) is 0 Å². The number of benzene rings is 3. The number of hydrogen-bond donors (Lipinski definition) is 3. The van der Waals surface area contributed by atoms with Crippen molar-refractivity contribution >= 4 is 17.4 Å². The van der Waals surface area contributed by atoms with E-state index in [1.807, 2.05) is 42.5 Å². The smallest absolute Gasteiger partial charge is 0.144 e. The maximum Gasteiger partial charge on any atom is 0.144 e. The van der Waals surface area contributed by atoms with Crippen LogP contribution in [0.5, 0.6) is 11.5 Å². The highest BCUT2D eigenvalue weighted by molar-refractivity contribution is 7.99. The van der Waals surface area contributed by atoms with Gasteiger partial charge in [0.15, 0.2) is 0 Å². The minimum absolute atomic E-state index is 0.0929. The van der Waals surface area contributed by atoms with Crippen molar-refractivity contribution < 1.29 is 14.9 Å². The van der Waals surface area contributed by atoms with Gasteiger partial charge in [-0.1, -0.05) is 42.1 Å². The van der Waals surface area contributed by atoms with Crippen molar-refractivity contribution in [3.05, 3.63) is 77.9 Å². The number of phenols is 1. The minimum Gasteiger partial charge on any atom is -0.505 e. The van der Waals surface area contributed by atoms with E-state index in [2.05, 4.69) is 17.4 Å². The summed E-state index contributed by atoms with van der Waals surface area (Å²) in [5.41, 5.74) is 2.25. The lowest BCUT2D eigenvalue weighted by atomic mass is 10.1. The van der Waals surface area contributed by atoms with Crippen LogP contribution < -0.4 is 10.1 Å². The minimum atomic E-state index is -0.189. The summed E-state index contributed by atoms with van der Waals surface area (Å²) < 4.78 is 5.20. The van der Waals surface area contributed by atoms with Gasteiger partial charge >= 0.3 is 0 Å². The van der Waals surface area contributed by atoms with Crippen molar-refractivity contribution in [2.75, 3.05) is 12.4 Å². The Morgan fingerprint density at radius 1 is 0.923 bits per heavy atom. The number of hydrogen-bond acceptors (Lipinski definition) is 5. The average molecular weight is 367 g/mol. The SMILES string of the molecule is COc1ccc(Sc2ccccc2CNc2cccc(CO)c2O)cc1. The van der Waals surface area contributed by atoms with E-state index < -0.39 is 0 Å². The zero-order chi connectivity index (χ0) is 18.4. The van der Waals surface area contributed by atoms with Gasteiger partial charge in [0.05, 0.1) is 19.4 Å². The summed E-state index contributed by atoms with van der Waals surface area (Å²) in [4.78, 5) is 2.27. The second-order valence-corrected chi connectivity index (χ2v) is 6.83. The average Bonchev–Trinajstić information content (AvgIpc) is 2.69. The summed E-state index contributed by atoms with van der Waals surface area (Å²) in [6, 6.07) is 21.4. The van der Waals surface area contributed by atoms with Crippen molar-refractivity contribution in [3.8, 4) is 11.5 Å². The van der Waals surface area contributed by atoms with E-state index in [0.717, 1.165) is 21.1 Å². The molecule has 0 aliphatic carbocycles. The number of aliphatic hydroxyl groups is 1. The summed E-state index contributed by atoms with van der Waals surface area (Å²) in [6.07, 6.45) is 0. The first-order valence-corrected chi connectivity index (χ1v) is 9.08. The Bertz CT molecular complexity index is 865. The Morgan fingerprint density at radius 3 is 2.38 bits per heavy atom. The first-order chi connectivity index (χ1) is 12.7. The van der Waals surface area contributed by atoms with Crippen LogP contribution in [-0.2, 0) is 13.2 Å². The Balaban J connectivity index is 1.75. The highest BCUT2D eigenvalue weighted by atomic mass is 32.2. The normalized spacial score (nSPS) is 10.5. The molecule has 134 valence electrons. The molecule has 0 heterocycles. The second-order valence-electron chi connectivity index (χ2n) is 5.71. The van der Waals surface area contributed by atoms with Gasteiger partial charge in [-0.2, -0.15) is 0 Å². The lowest BCUT2D eigenvalue weighted by Crippen LogP contribution is -2.02. The van der Waals surface area contributed by atoms with Crippen LogP contribution in [-0.4, -0.2) is 17.3 Å². The molecule has 5 heteroatoms. The molecule has 3 aromatic carbocycles. The molecule has 3 rings (SSSR count). The molecule has 0 bridgehead atoms. The van der Waals surface area contributed by atoms with Gasteiger partial charge in [0, 0.05) is 21.9 Å². The lowest BCUT2D eigenvalue weighted by Gasteiger charge is -2.13. The molecule has 0 atom stereocenters. The summed E-state index contributed by atoms with van der Waals surface area (Å²) in [6.45, 7) is 0.382. The van der Waals surface area contributed by atoms with E-state index in [-0.39, 0.29) is 12.4 Å². The van der Waals surface area contributed by atoms with Crippen molar-refractivity contribution in [2.24, 2.45) is 0 Å². The molecule has 3 N–H and O–H groups in total. The number of ether oxygens (including phenoxy) is 1. The molecule has 0 aromatic heterocycles. The Morgan fingerprint density at radius 2 is 1.65 bits per heavy atom. The molecule has 0 unspecified atom stereocenters. The van der Waals surface area contributed by atoms with Gasteiger partial charge in [0.1, 0.15) is 11.5 Å². The van der Waals surface area contributed by atoms with Crippen molar-refractivity contribution in [1.82, 2.24) is 0 Å². The maximum absolute atomic E-state index is 10.2. The van der Waals surface area contributed by atoms with Crippen LogP contribution in [0.4, 0.5) is 5.69 Å². The van der Waals surface area contributed by atoms with E-state index >= 15 is 0 Å². The fraction of sp³-hybridized carbons (Fsp3) is 0.143. The Labute approximate surface area is 157 Å². The molecule has 0 saturated carbocycles.